The highest BCUT2D eigenvalue weighted by Gasteiger charge is 2.40. The second kappa shape index (κ2) is 6.34. The van der Waals surface area contributed by atoms with Gasteiger partial charge in [-0.2, -0.15) is 0 Å². The fourth-order valence-electron chi connectivity index (χ4n) is 3.43. The number of Topliss-reactive ketones (excluding diaryl/α,β-unsaturated/α-hetero) is 1. The van der Waals surface area contributed by atoms with Gasteiger partial charge in [-0.3, -0.25) is 24.5 Å². The number of fused-ring (bicyclic) bond motifs is 2. The maximum absolute atomic E-state index is 13.0. The molecule has 0 amide bonds. The quantitative estimate of drug-likeness (QED) is 0.234. The number of non-ortho nitro benzene ring substituents is 1. The third-order valence-electron chi connectivity index (χ3n) is 4.72. The third-order valence-corrected chi connectivity index (χ3v) is 4.72. The summed E-state index contributed by atoms with van der Waals surface area (Å²) in [7, 11) is 1.63. The summed E-state index contributed by atoms with van der Waals surface area (Å²) in [5, 5.41) is 10.9. The van der Waals surface area contributed by atoms with Crippen molar-refractivity contribution in [3.63, 3.8) is 0 Å². The minimum Gasteiger partial charge on any atom is -0.290 e. The largest absolute Gasteiger partial charge is 0.290 e. The van der Waals surface area contributed by atoms with Gasteiger partial charge in [-0.25, -0.2) is 9.13 Å². The van der Waals surface area contributed by atoms with E-state index in [1.165, 1.54) is 39.7 Å². The fraction of sp³-hybridized carbons (Fsp3) is 0.100. The summed E-state index contributed by atoms with van der Waals surface area (Å²) in [6, 6.07) is 12.0. The molecule has 0 spiro atoms. The fourth-order valence-corrected chi connectivity index (χ4v) is 3.43. The van der Waals surface area contributed by atoms with E-state index in [0.29, 0.717) is 11.1 Å². The molecule has 0 aliphatic heterocycles. The number of carbonyl (C=O) groups excluding carboxylic acids is 3. The van der Waals surface area contributed by atoms with Crippen LogP contribution in [0.3, 0.4) is 0 Å². The number of nitrogens with zero attached hydrogens (tertiary/aromatic N) is 3. The van der Waals surface area contributed by atoms with Crippen LogP contribution in [0, 0.1) is 10.1 Å². The minimum atomic E-state index is -0.576. The van der Waals surface area contributed by atoms with E-state index in [1.807, 2.05) is 0 Å². The molecule has 0 fully saturated rings. The Morgan fingerprint density at radius 2 is 1.75 bits per heavy atom. The van der Waals surface area contributed by atoms with Crippen LogP contribution in [0.5, 0.6) is 0 Å². The van der Waals surface area contributed by atoms with E-state index >= 15 is 0 Å². The van der Waals surface area contributed by atoms with Crippen LogP contribution in [-0.2, 0) is 13.6 Å². The topological polar surface area (TPSA) is 103 Å². The van der Waals surface area contributed by atoms with Crippen LogP contribution in [-0.4, -0.2) is 26.8 Å². The van der Waals surface area contributed by atoms with Crippen molar-refractivity contribution in [3.05, 3.63) is 93.1 Å². The first-order valence-electron chi connectivity index (χ1n) is 8.43. The number of ketones is 3. The molecule has 1 aromatic heterocycles. The smallest absolute Gasteiger partial charge is 0.270 e. The second-order valence-electron chi connectivity index (χ2n) is 6.49. The van der Waals surface area contributed by atoms with Crippen LogP contribution in [0.4, 0.5) is 5.69 Å². The number of hydrogen-bond acceptors (Lipinski definition) is 5. The van der Waals surface area contributed by atoms with Crippen LogP contribution in [0.1, 0.15) is 42.5 Å². The Morgan fingerprint density at radius 1 is 1.07 bits per heavy atom. The summed E-state index contributed by atoms with van der Waals surface area (Å²) >= 11 is 0. The maximum Gasteiger partial charge on any atom is 0.270 e. The van der Waals surface area contributed by atoms with Gasteiger partial charge in [-0.1, -0.05) is 36.4 Å². The van der Waals surface area contributed by atoms with Gasteiger partial charge in [-0.15, -0.1) is 0 Å². The summed E-state index contributed by atoms with van der Waals surface area (Å²) in [6.45, 7) is -0.217. The van der Waals surface area contributed by atoms with Crippen molar-refractivity contribution in [2.75, 3.05) is 0 Å². The second-order valence-corrected chi connectivity index (χ2v) is 6.49. The van der Waals surface area contributed by atoms with E-state index in [2.05, 4.69) is 0 Å². The molecule has 3 aromatic rings. The first kappa shape index (κ1) is 17.5. The third kappa shape index (κ3) is 2.62. The van der Waals surface area contributed by atoms with Crippen LogP contribution in [0.25, 0.3) is 0 Å². The average molecular weight is 376 g/mol. The highest BCUT2D eigenvalue weighted by atomic mass is 16.6. The molecule has 8 nitrogen and oxygen atoms in total. The van der Waals surface area contributed by atoms with Gasteiger partial charge in [0.15, 0.2) is 6.54 Å². The van der Waals surface area contributed by atoms with Crippen molar-refractivity contribution in [2.24, 2.45) is 7.05 Å². The van der Waals surface area contributed by atoms with E-state index in [-0.39, 0.29) is 40.7 Å². The van der Waals surface area contributed by atoms with Crippen molar-refractivity contribution in [1.29, 1.82) is 0 Å². The first-order chi connectivity index (χ1) is 13.4. The number of aryl methyl sites for hydroxylation is 1. The number of carbonyl (C=O) groups is 3. The predicted octanol–water partition coefficient (Wildman–Crippen LogP) is 1.88. The Kier molecular flexibility index (Phi) is 3.96. The summed E-state index contributed by atoms with van der Waals surface area (Å²) in [5.41, 5.74) is 0.960. The van der Waals surface area contributed by atoms with E-state index in [9.17, 15) is 24.5 Å². The Balaban J connectivity index is 1.75. The summed E-state index contributed by atoms with van der Waals surface area (Å²) < 4.78 is 2.94. The molecule has 28 heavy (non-hydrogen) atoms. The van der Waals surface area contributed by atoms with Crippen molar-refractivity contribution >= 4 is 23.0 Å². The lowest BCUT2D eigenvalue weighted by molar-refractivity contribution is -0.672. The van der Waals surface area contributed by atoms with E-state index in [1.54, 1.807) is 31.3 Å². The molecule has 2 aromatic carbocycles. The molecular formula is C20H14N3O5+. The highest BCUT2D eigenvalue weighted by Crippen LogP contribution is 2.26. The number of imidazole rings is 1. The molecule has 8 heteroatoms. The van der Waals surface area contributed by atoms with E-state index in [0.717, 1.165) is 0 Å². The lowest BCUT2D eigenvalue weighted by Gasteiger charge is -2.12. The predicted molar refractivity (Wildman–Crippen MR) is 96.3 cm³/mol. The van der Waals surface area contributed by atoms with Gasteiger partial charge in [0.25, 0.3) is 5.69 Å². The Hall–Kier alpha value is -3.94. The number of nitro benzene ring substituents is 1. The number of aromatic nitrogens is 2. The molecule has 1 heterocycles. The molecule has 0 unspecified atom stereocenters. The Bertz CT molecular complexity index is 1190. The Labute approximate surface area is 158 Å². The van der Waals surface area contributed by atoms with E-state index in [4.69, 9.17) is 0 Å². The molecule has 0 atom stereocenters. The van der Waals surface area contributed by atoms with E-state index < -0.39 is 10.7 Å². The number of benzene rings is 2. The van der Waals surface area contributed by atoms with Crippen LogP contribution in [0.2, 0.25) is 0 Å². The zero-order valence-electron chi connectivity index (χ0n) is 14.8. The number of nitro groups is 1. The zero-order valence-corrected chi connectivity index (χ0v) is 14.8. The van der Waals surface area contributed by atoms with Crippen LogP contribution in [0.15, 0.2) is 54.9 Å². The number of rotatable bonds is 4. The van der Waals surface area contributed by atoms with Gasteiger partial charge in [0.05, 0.1) is 12.0 Å². The van der Waals surface area contributed by atoms with Crippen molar-refractivity contribution in [1.82, 2.24) is 4.57 Å². The first-order valence-corrected chi connectivity index (χ1v) is 8.43. The van der Waals surface area contributed by atoms with Gasteiger partial charge in [-0.05, 0) is 0 Å². The molecule has 1 aliphatic rings. The van der Waals surface area contributed by atoms with Gasteiger partial charge >= 0.3 is 0 Å². The monoisotopic (exact) mass is 376 g/mol. The zero-order chi connectivity index (χ0) is 20.0. The molecule has 0 saturated heterocycles. The summed E-state index contributed by atoms with van der Waals surface area (Å²) in [5.74, 6) is -1.02. The molecule has 0 radical (unpaired) electrons. The molecule has 138 valence electrons. The molecule has 4 rings (SSSR count). The summed E-state index contributed by atoms with van der Waals surface area (Å²) in [4.78, 5) is 48.8. The van der Waals surface area contributed by atoms with Gasteiger partial charge in [0.1, 0.15) is 0 Å². The summed E-state index contributed by atoms with van der Waals surface area (Å²) in [6.07, 6.45) is 1.52. The lowest BCUT2D eigenvalue weighted by atomic mass is 9.90. The number of hydrogen-bond donors (Lipinski definition) is 0. The lowest BCUT2D eigenvalue weighted by Crippen LogP contribution is -2.36. The van der Waals surface area contributed by atoms with Gasteiger partial charge in [0.2, 0.25) is 35.1 Å². The standard InChI is InChI=1S/C20H14N3O5/c1-21-11-22(10-16(24)12-5-4-6-13(9-12)23(27)28)18-17(21)19(25)14-7-2-3-8-15(14)20(18)26/h2-9,11H,10H2,1H3/q+1. The van der Waals surface area contributed by atoms with Gasteiger partial charge in [0, 0.05) is 28.8 Å². The SMILES string of the molecule is C[n+]1cn(CC(=O)c2cccc([N+](=O)[O-])c2)c2c1C(=O)c1ccccc1C2=O. The van der Waals surface area contributed by atoms with Crippen LogP contribution < -0.4 is 4.57 Å². The average Bonchev–Trinajstić information content (AvgIpc) is 3.02. The molecular weight excluding hydrogens is 362 g/mol. The van der Waals surface area contributed by atoms with Crippen molar-refractivity contribution in [3.8, 4) is 0 Å². The molecule has 1 aliphatic carbocycles. The molecule has 0 N–H and O–H groups in total. The van der Waals surface area contributed by atoms with Crippen molar-refractivity contribution in [2.45, 2.75) is 6.54 Å². The normalized spacial score (nSPS) is 12.5. The van der Waals surface area contributed by atoms with Crippen molar-refractivity contribution < 1.29 is 23.9 Å². The van der Waals surface area contributed by atoms with Gasteiger partial charge < -0.3 is 0 Å². The minimum absolute atomic E-state index is 0.144. The molecule has 0 saturated carbocycles. The van der Waals surface area contributed by atoms with Crippen LogP contribution >= 0.6 is 0 Å². The molecule has 0 bridgehead atoms. The maximum atomic E-state index is 13.0. The highest BCUT2D eigenvalue weighted by molar-refractivity contribution is 6.26. The Morgan fingerprint density at radius 3 is 2.43 bits per heavy atom.